The largest absolute Gasteiger partial charge is 0.472 e. The van der Waals surface area contributed by atoms with Crippen LogP contribution in [0.4, 0.5) is 0 Å². The lowest BCUT2D eigenvalue weighted by molar-refractivity contribution is 0.0731. The summed E-state index contributed by atoms with van der Waals surface area (Å²) < 4.78 is 5.02. The molecule has 0 bridgehead atoms. The molecule has 1 aliphatic heterocycles. The molecular formula is C12H13N3O2S. The van der Waals surface area contributed by atoms with Crippen molar-refractivity contribution in [2.24, 2.45) is 0 Å². The Balaban J connectivity index is 1.78. The Morgan fingerprint density at radius 2 is 2.28 bits per heavy atom. The molecule has 94 valence electrons. The highest BCUT2D eigenvalue weighted by Crippen LogP contribution is 2.24. The fourth-order valence-corrected chi connectivity index (χ4v) is 2.70. The van der Waals surface area contributed by atoms with E-state index in [1.807, 2.05) is 16.3 Å². The molecule has 1 fully saturated rings. The maximum Gasteiger partial charge on any atom is 0.273 e. The molecule has 0 aliphatic carbocycles. The Labute approximate surface area is 108 Å². The molecule has 0 unspecified atom stereocenters. The lowest BCUT2D eigenvalue weighted by Gasteiger charge is -2.26. The van der Waals surface area contributed by atoms with Gasteiger partial charge in [-0.3, -0.25) is 4.79 Å². The Morgan fingerprint density at radius 1 is 1.44 bits per heavy atom. The summed E-state index contributed by atoms with van der Waals surface area (Å²) in [5.74, 6) is 0.0162. The summed E-state index contributed by atoms with van der Waals surface area (Å²) in [7, 11) is 0. The maximum absolute atomic E-state index is 12.2. The van der Waals surface area contributed by atoms with Gasteiger partial charge in [0.05, 0.1) is 6.26 Å². The van der Waals surface area contributed by atoms with E-state index in [0.29, 0.717) is 5.69 Å². The molecule has 0 radical (unpaired) electrons. The zero-order chi connectivity index (χ0) is 12.4. The van der Waals surface area contributed by atoms with Crippen LogP contribution in [0, 0.1) is 0 Å². The van der Waals surface area contributed by atoms with Gasteiger partial charge in [-0.1, -0.05) is 0 Å². The monoisotopic (exact) mass is 263 g/mol. The molecule has 1 saturated heterocycles. The molecule has 2 aromatic heterocycles. The first-order chi connectivity index (χ1) is 8.84. The Morgan fingerprint density at radius 3 is 3.00 bits per heavy atom. The van der Waals surface area contributed by atoms with Crippen LogP contribution >= 0.6 is 11.3 Å². The first-order valence-corrected chi connectivity index (χ1v) is 6.70. The van der Waals surface area contributed by atoms with Crippen molar-refractivity contribution in [1.29, 1.82) is 0 Å². The van der Waals surface area contributed by atoms with Crippen LogP contribution in [0.1, 0.15) is 10.5 Å². The predicted octanol–water partition coefficient (Wildman–Crippen LogP) is 1.45. The quantitative estimate of drug-likeness (QED) is 0.891. The number of thiazole rings is 1. The van der Waals surface area contributed by atoms with Crippen molar-refractivity contribution in [2.45, 2.75) is 0 Å². The molecule has 2 aromatic rings. The minimum atomic E-state index is 0.0162. The topological polar surface area (TPSA) is 58.4 Å². The molecule has 0 spiro atoms. The van der Waals surface area contributed by atoms with Crippen molar-refractivity contribution < 1.29 is 9.21 Å². The number of aromatic nitrogens is 1. The Bertz CT molecular complexity index is 529. The Hall–Kier alpha value is -1.66. The fourth-order valence-electron chi connectivity index (χ4n) is 1.92. The van der Waals surface area contributed by atoms with Crippen molar-refractivity contribution in [1.82, 2.24) is 15.2 Å². The van der Waals surface area contributed by atoms with Gasteiger partial charge >= 0.3 is 0 Å². The fraction of sp³-hybridized carbons (Fsp3) is 0.333. The van der Waals surface area contributed by atoms with E-state index in [-0.39, 0.29) is 5.91 Å². The molecule has 3 rings (SSSR count). The zero-order valence-corrected chi connectivity index (χ0v) is 10.6. The van der Waals surface area contributed by atoms with Gasteiger partial charge in [0.15, 0.2) is 0 Å². The smallest absolute Gasteiger partial charge is 0.273 e. The highest BCUT2D eigenvalue weighted by molar-refractivity contribution is 7.13. The highest BCUT2D eigenvalue weighted by atomic mass is 32.1. The summed E-state index contributed by atoms with van der Waals surface area (Å²) in [5, 5.41) is 5.86. The van der Waals surface area contributed by atoms with Crippen LogP contribution in [0.3, 0.4) is 0 Å². The second-order valence-electron chi connectivity index (χ2n) is 4.09. The lowest BCUT2D eigenvalue weighted by Crippen LogP contribution is -2.46. The van der Waals surface area contributed by atoms with Gasteiger partial charge in [-0.2, -0.15) is 0 Å². The summed E-state index contributed by atoms with van der Waals surface area (Å²) in [6, 6.07) is 1.85. The van der Waals surface area contributed by atoms with E-state index < -0.39 is 0 Å². The number of carbonyl (C=O) groups is 1. The average Bonchev–Trinajstić information content (AvgIpc) is 3.09. The van der Waals surface area contributed by atoms with E-state index in [1.165, 1.54) is 11.3 Å². The minimum absolute atomic E-state index is 0.0162. The summed E-state index contributed by atoms with van der Waals surface area (Å²) in [5.41, 5.74) is 1.44. The van der Waals surface area contributed by atoms with Crippen LogP contribution in [0.25, 0.3) is 10.6 Å². The van der Waals surface area contributed by atoms with Crippen LogP contribution in [0.15, 0.2) is 28.4 Å². The number of nitrogens with zero attached hydrogens (tertiary/aromatic N) is 2. The molecule has 18 heavy (non-hydrogen) atoms. The average molecular weight is 263 g/mol. The first kappa shape index (κ1) is 11.4. The Kier molecular flexibility index (Phi) is 3.12. The number of hydrogen-bond donors (Lipinski definition) is 1. The molecular weight excluding hydrogens is 250 g/mol. The van der Waals surface area contributed by atoms with Crippen molar-refractivity contribution in [2.75, 3.05) is 26.2 Å². The van der Waals surface area contributed by atoms with Crippen LogP contribution in [0.2, 0.25) is 0 Å². The second-order valence-corrected chi connectivity index (χ2v) is 4.95. The van der Waals surface area contributed by atoms with Crippen molar-refractivity contribution in [3.63, 3.8) is 0 Å². The van der Waals surface area contributed by atoms with Gasteiger partial charge in [0, 0.05) is 37.1 Å². The van der Waals surface area contributed by atoms with Crippen LogP contribution in [-0.4, -0.2) is 42.0 Å². The molecule has 6 heteroatoms. The van der Waals surface area contributed by atoms with E-state index >= 15 is 0 Å². The van der Waals surface area contributed by atoms with Crippen LogP contribution in [0.5, 0.6) is 0 Å². The van der Waals surface area contributed by atoms with E-state index in [4.69, 9.17) is 4.42 Å². The van der Waals surface area contributed by atoms with Gasteiger partial charge in [0.25, 0.3) is 5.91 Å². The van der Waals surface area contributed by atoms with Gasteiger partial charge in [-0.25, -0.2) is 4.98 Å². The molecule has 0 atom stereocenters. The summed E-state index contributed by atoms with van der Waals surface area (Å²) >= 11 is 1.47. The van der Waals surface area contributed by atoms with Crippen molar-refractivity contribution in [3.05, 3.63) is 29.7 Å². The van der Waals surface area contributed by atoms with Gasteiger partial charge in [0.1, 0.15) is 17.0 Å². The van der Waals surface area contributed by atoms with E-state index in [1.54, 1.807) is 12.5 Å². The summed E-state index contributed by atoms with van der Waals surface area (Å²) in [4.78, 5) is 18.4. The van der Waals surface area contributed by atoms with Gasteiger partial charge in [0.2, 0.25) is 0 Å². The maximum atomic E-state index is 12.2. The number of hydrogen-bond acceptors (Lipinski definition) is 5. The van der Waals surface area contributed by atoms with Crippen molar-refractivity contribution in [3.8, 4) is 10.6 Å². The van der Waals surface area contributed by atoms with Crippen LogP contribution in [-0.2, 0) is 0 Å². The molecule has 3 heterocycles. The zero-order valence-electron chi connectivity index (χ0n) is 9.76. The SMILES string of the molecule is O=C(c1csc(-c2ccoc2)n1)N1CCNCC1. The third-order valence-corrected chi connectivity index (χ3v) is 3.79. The normalized spacial score (nSPS) is 15.9. The summed E-state index contributed by atoms with van der Waals surface area (Å²) in [6.07, 6.45) is 3.24. The van der Waals surface area contributed by atoms with Crippen LogP contribution < -0.4 is 5.32 Å². The van der Waals surface area contributed by atoms with Crippen molar-refractivity contribution >= 4 is 17.2 Å². The standard InChI is InChI=1S/C12H13N3O2S/c16-12(15-4-2-13-3-5-15)10-8-18-11(14-10)9-1-6-17-7-9/h1,6-8,13H,2-5H2. The highest BCUT2D eigenvalue weighted by Gasteiger charge is 2.20. The molecule has 5 nitrogen and oxygen atoms in total. The van der Waals surface area contributed by atoms with Gasteiger partial charge in [-0.05, 0) is 6.07 Å². The number of piperazine rings is 1. The van der Waals surface area contributed by atoms with Gasteiger partial charge in [-0.15, -0.1) is 11.3 Å². The number of amides is 1. The third-order valence-electron chi connectivity index (χ3n) is 2.90. The number of carbonyl (C=O) groups excluding carboxylic acids is 1. The lowest BCUT2D eigenvalue weighted by atomic mass is 10.3. The molecule has 1 N–H and O–H groups in total. The minimum Gasteiger partial charge on any atom is -0.472 e. The van der Waals surface area contributed by atoms with Gasteiger partial charge < -0.3 is 14.6 Å². The molecule has 0 saturated carbocycles. The van der Waals surface area contributed by atoms with E-state index in [0.717, 1.165) is 36.8 Å². The molecule has 0 aromatic carbocycles. The number of rotatable bonds is 2. The second kappa shape index (κ2) is 4.91. The summed E-state index contributed by atoms with van der Waals surface area (Å²) in [6.45, 7) is 3.20. The number of nitrogens with one attached hydrogen (secondary N) is 1. The first-order valence-electron chi connectivity index (χ1n) is 5.83. The molecule has 1 amide bonds. The molecule has 1 aliphatic rings. The predicted molar refractivity (Wildman–Crippen MR) is 68.6 cm³/mol. The van der Waals surface area contributed by atoms with E-state index in [9.17, 15) is 4.79 Å². The number of furan rings is 1. The third kappa shape index (κ3) is 2.16. The van der Waals surface area contributed by atoms with E-state index in [2.05, 4.69) is 10.3 Å².